The van der Waals surface area contributed by atoms with Crippen molar-refractivity contribution in [2.75, 3.05) is 25.0 Å². The highest BCUT2D eigenvalue weighted by atomic mass is 35.5. The lowest BCUT2D eigenvalue weighted by Crippen LogP contribution is -2.35. The summed E-state index contributed by atoms with van der Waals surface area (Å²) >= 11 is 6.09. The lowest BCUT2D eigenvalue weighted by molar-refractivity contribution is -0.142. The van der Waals surface area contributed by atoms with Gasteiger partial charge in [-0.25, -0.2) is 13.2 Å². The number of hydrogen-bond donors (Lipinski definition) is 1. The Kier molecular flexibility index (Phi) is 7.41. The Balaban J connectivity index is 2.09. The third-order valence-corrected chi connectivity index (χ3v) is 6.28. The average molecular weight is 415 g/mol. The van der Waals surface area contributed by atoms with Crippen molar-refractivity contribution in [3.63, 3.8) is 0 Å². The van der Waals surface area contributed by atoms with Crippen LogP contribution in [-0.4, -0.2) is 44.3 Å². The van der Waals surface area contributed by atoms with Crippen LogP contribution in [0.4, 0.5) is 5.69 Å². The van der Waals surface area contributed by atoms with Crippen LogP contribution < -0.4 is 5.32 Å². The second kappa shape index (κ2) is 9.34. The first kappa shape index (κ1) is 21.4. The molecule has 7 nitrogen and oxygen atoms in total. The van der Waals surface area contributed by atoms with E-state index < -0.39 is 28.5 Å². The lowest BCUT2D eigenvalue weighted by Gasteiger charge is -2.26. The van der Waals surface area contributed by atoms with E-state index in [2.05, 4.69) is 5.32 Å². The van der Waals surface area contributed by atoms with Gasteiger partial charge in [0, 0.05) is 24.9 Å². The number of anilines is 1. The SMILES string of the molecule is CC(C)=CC(=O)OCC(=O)Nc1ccc(Cl)c(S(=O)(=O)N2CCCCC2)c1. The monoisotopic (exact) mass is 414 g/mol. The maximum Gasteiger partial charge on any atom is 0.331 e. The lowest BCUT2D eigenvalue weighted by atomic mass is 10.2. The summed E-state index contributed by atoms with van der Waals surface area (Å²) in [6.07, 6.45) is 3.90. The number of rotatable bonds is 6. The summed E-state index contributed by atoms with van der Waals surface area (Å²) in [6, 6.07) is 4.23. The van der Waals surface area contributed by atoms with Gasteiger partial charge in [0.1, 0.15) is 4.90 Å². The molecule has 2 rings (SSSR count). The third-order valence-electron chi connectivity index (χ3n) is 3.90. The fraction of sp³-hybridized carbons (Fsp3) is 0.444. The third kappa shape index (κ3) is 6.05. The Hall–Kier alpha value is -1.90. The standard InChI is InChI=1S/C18H23ClN2O5S/c1-13(2)10-18(23)26-12-17(22)20-14-6-7-15(19)16(11-14)27(24,25)21-8-4-3-5-9-21/h6-7,10-11H,3-5,8-9,12H2,1-2H3,(H,20,22). The molecule has 1 heterocycles. The van der Waals surface area contributed by atoms with E-state index in [9.17, 15) is 18.0 Å². The predicted octanol–water partition coefficient (Wildman–Crippen LogP) is 2.96. The number of benzene rings is 1. The van der Waals surface area contributed by atoms with Gasteiger partial charge in [0.15, 0.2) is 6.61 Å². The van der Waals surface area contributed by atoms with Crippen LogP contribution in [0, 0.1) is 0 Å². The highest BCUT2D eigenvalue weighted by molar-refractivity contribution is 7.89. The van der Waals surface area contributed by atoms with Crippen LogP contribution in [0.2, 0.25) is 5.02 Å². The molecule has 1 aliphatic heterocycles. The van der Waals surface area contributed by atoms with Crippen molar-refractivity contribution in [2.45, 2.75) is 38.0 Å². The molecule has 1 N–H and O–H groups in total. The number of hydrogen-bond acceptors (Lipinski definition) is 5. The van der Waals surface area contributed by atoms with Gasteiger partial charge in [0.05, 0.1) is 5.02 Å². The van der Waals surface area contributed by atoms with Gasteiger partial charge in [-0.15, -0.1) is 0 Å². The van der Waals surface area contributed by atoms with Crippen molar-refractivity contribution < 1.29 is 22.7 Å². The number of allylic oxidation sites excluding steroid dienone is 1. The van der Waals surface area contributed by atoms with E-state index in [0.29, 0.717) is 13.1 Å². The number of halogens is 1. The molecule has 0 unspecified atom stereocenters. The van der Waals surface area contributed by atoms with Crippen LogP contribution in [0.3, 0.4) is 0 Å². The molecule has 27 heavy (non-hydrogen) atoms. The van der Waals surface area contributed by atoms with Gasteiger partial charge in [0.25, 0.3) is 5.91 Å². The Bertz CT molecular complexity index is 841. The zero-order valence-corrected chi connectivity index (χ0v) is 16.9. The number of nitrogens with one attached hydrogen (secondary N) is 1. The van der Waals surface area contributed by atoms with Gasteiger partial charge < -0.3 is 10.1 Å². The van der Waals surface area contributed by atoms with E-state index in [-0.39, 0.29) is 15.6 Å². The van der Waals surface area contributed by atoms with E-state index >= 15 is 0 Å². The van der Waals surface area contributed by atoms with Gasteiger partial charge in [-0.05, 0) is 44.9 Å². The van der Waals surface area contributed by atoms with Gasteiger partial charge >= 0.3 is 5.97 Å². The van der Waals surface area contributed by atoms with Crippen LogP contribution in [0.25, 0.3) is 0 Å². The van der Waals surface area contributed by atoms with E-state index in [1.807, 2.05) is 0 Å². The number of carbonyl (C=O) groups excluding carboxylic acids is 2. The summed E-state index contributed by atoms with van der Waals surface area (Å²) < 4.78 is 31.9. The molecule has 0 spiro atoms. The molecule has 9 heteroatoms. The molecule has 0 aromatic heterocycles. The van der Waals surface area contributed by atoms with Crippen molar-refractivity contribution >= 4 is 39.2 Å². The van der Waals surface area contributed by atoms with Crippen molar-refractivity contribution in [1.82, 2.24) is 4.31 Å². The van der Waals surface area contributed by atoms with Crippen molar-refractivity contribution in [1.29, 1.82) is 0 Å². The van der Waals surface area contributed by atoms with E-state index in [4.69, 9.17) is 16.3 Å². The van der Waals surface area contributed by atoms with Gasteiger partial charge in [-0.1, -0.05) is 23.6 Å². The zero-order chi connectivity index (χ0) is 20.0. The van der Waals surface area contributed by atoms with Crippen LogP contribution in [0.5, 0.6) is 0 Å². The summed E-state index contributed by atoms with van der Waals surface area (Å²) in [4.78, 5) is 23.3. The molecule has 1 saturated heterocycles. The molecule has 0 aliphatic carbocycles. The molecule has 0 bridgehead atoms. The highest BCUT2D eigenvalue weighted by Gasteiger charge is 2.28. The Morgan fingerprint density at radius 2 is 1.89 bits per heavy atom. The maximum absolute atomic E-state index is 12.8. The van der Waals surface area contributed by atoms with Crippen LogP contribution in [-0.2, 0) is 24.3 Å². The second-order valence-electron chi connectivity index (χ2n) is 6.49. The topological polar surface area (TPSA) is 92.8 Å². The largest absolute Gasteiger partial charge is 0.452 e. The minimum Gasteiger partial charge on any atom is -0.452 e. The molecule has 0 saturated carbocycles. The zero-order valence-electron chi connectivity index (χ0n) is 15.3. The van der Waals surface area contributed by atoms with Crippen LogP contribution >= 0.6 is 11.6 Å². The Labute approximate surface area is 164 Å². The molecule has 148 valence electrons. The number of amides is 1. The molecule has 1 amide bonds. The number of carbonyl (C=O) groups is 2. The number of piperidine rings is 1. The summed E-state index contributed by atoms with van der Waals surface area (Å²) in [6.45, 7) is 3.91. The Morgan fingerprint density at radius 1 is 1.22 bits per heavy atom. The Morgan fingerprint density at radius 3 is 2.52 bits per heavy atom. The smallest absolute Gasteiger partial charge is 0.331 e. The van der Waals surface area contributed by atoms with Gasteiger partial charge in [0.2, 0.25) is 10.0 Å². The molecule has 0 radical (unpaired) electrons. The number of nitrogens with zero attached hydrogens (tertiary/aromatic N) is 1. The van der Waals surface area contributed by atoms with Crippen LogP contribution in [0.15, 0.2) is 34.7 Å². The molecule has 1 aliphatic rings. The predicted molar refractivity (Wildman–Crippen MR) is 103 cm³/mol. The van der Waals surface area contributed by atoms with E-state index in [1.54, 1.807) is 13.8 Å². The average Bonchev–Trinajstić information content (AvgIpc) is 2.61. The molecule has 1 aromatic rings. The molecule has 0 atom stereocenters. The molecule has 1 aromatic carbocycles. The normalized spacial score (nSPS) is 15.1. The first-order chi connectivity index (χ1) is 12.7. The van der Waals surface area contributed by atoms with Gasteiger partial charge in [-0.2, -0.15) is 4.31 Å². The molecular weight excluding hydrogens is 392 g/mol. The fourth-order valence-corrected chi connectivity index (χ4v) is 4.65. The summed E-state index contributed by atoms with van der Waals surface area (Å²) in [5, 5.41) is 2.61. The van der Waals surface area contributed by atoms with E-state index in [0.717, 1.165) is 24.8 Å². The number of esters is 1. The van der Waals surface area contributed by atoms with Gasteiger partial charge in [-0.3, -0.25) is 4.79 Å². The van der Waals surface area contributed by atoms with Crippen molar-refractivity contribution in [2.24, 2.45) is 0 Å². The maximum atomic E-state index is 12.8. The first-order valence-corrected chi connectivity index (χ1v) is 10.4. The molecular formula is C18H23ClN2O5S. The summed E-state index contributed by atoms with van der Waals surface area (Å²) in [7, 11) is -3.73. The second-order valence-corrected chi connectivity index (χ2v) is 8.80. The van der Waals surface area contributed by atoms with Crippen molar-refractivity contribution in [3.05, 3.63) is 34.9 Å². The molecule has 1 fully saturated rings. The number of ether oxygens (including phenoxy) is 1. The quantitative estimate of drug-likeness (QED) is 0.570. The summed E-state index contributed by atoms with van der Waals surface area (Å²) in [5.74, 6) is -1.19. The minimum absolute atomic E-state index is 0.0506. The highest BCUT2D eigenvalue weighted by Crippen LogP contribution is 2.29. The number of sulfonamides is 1. The summed E-state index contributed by atoms with van der Waals surface area (Å²) in [5.41, 5.74) is 1.02. The van der Waals surface area contributed by atoms with Crippen LogP contribution in [0.1, 0.15) is 33.1 Å². The minimum atomic E-state index is -3.73. The van der Waals surface area contributed by atoms with E-state index in [1.165, 1.54) is 28.6 Å². The first-order valence-electron chi connectivity index (χ1n) is 8.61. The fourth-order valence-electron chi connectivity index (χ4n) is 2.63. The van der Waals surface area contributed by atoms with Crippen molar-refractivity contribution in [3.8, 4) is 0 Å².